The molecule has 1 atom stereocenters. The summed E-state index contributed by atoms with van der Waals surface area (Å²) in [5, 5.41) is 17.1. The molecule has 0 heterocycles. The van der Waals surface area contributed by atoms with E-state index in [0.717, 1.165) is 0 Å². The summed E-state index contributed by atoms with van der Waals surface area (Å²) in [4.78, 5) is 0. The van der Waals surface area contributed by atoms with Gasteiger partial charge in [-0.25, -0.2) is 0 Å². The Bertz CT molecular complexity index is 242. The van der Waals surface area contributed by atoms with Gasteiger partial charge in [0.2, 0.25) is 0 Å². The third-order valence-electron chi connectivity index (χ3n) is 0.881. The van der Waals surface area contributed by atoms with Crippen molar-refractivity contribution in [2.75, 3.05) is 6.61 Å². The predicted octanol–water partition coefficient (Wildman–Crippen LogP) is 0.313. The first kappa shape index (κ1) is 10.8. The fourth-order valence-corrected chi connectivity index (χ4v) is 0.439. The number of hydrogen-bond donors (Lipinski definition) is 2. The van der Waals surface area contributed by atoms with E-state index >= 15 is 0 Å². The summed E-state index contributed by atoms with van der Waals surface area (Å²) < 4.78 is 0. The summed E-state index contributed by atoms with van der Waals surface area (Å²) in [6.45, 7) is 1.68. The first-order valence-electron chi connectivity index (χ1n) is 3.70. The third kappa shape index (κ3) is 8.78. The molecule has 0 aromatic rings. The Morgan fingerprint density at radius 1 is 1.33 bits per heavy atom. The fourth-order valence-electron chi connectivity index (χ4n) is 0.439. The first-order chi connectivity index (χ1) is 5.77. The minimum Gasteiger partial charge on any atom is -0.395 e. The Morgan fingerprint density at radius 2 is 2.00 bits per heavy atom. The van der Waals surface area contributed by atoms with Crippen LogP contribution in [0.15, 0.2) is 12.2 Å². The van der Waals surface area contributed by atoms with E-state index in [1.54, 1.807) is 19.1 Å². The van der Waals surface area contributed by atoms with Gasteiger partial charge in [0.25, 0.3) is 0 Å². The maximum absolute atomic E-state index is 8.72. The fraction of sp³-hybridized carbons (Fsp3) is 0.400. The molecule has 0 rings (SSSR count). The zero-order valence-corrected chi connectivity index (χ0v) is 7.04. The molecule has 0 aromatic heterocycles. The highest BCUT2D eigenvalue weighted by atomic mass is 16.3. The molecule has 12 heavy (non-hydrogen) atoms. The Balaban J connectivity index is 3.67. The van der Waals surface area contributed by atoms with Crippen LogP contribution < -0.4 is 0 Å². The Hall–Kier alpha value is -1.22. The van der Waals surface area contributed by atoms with E-state index in [4.69, 9.17) is 10.2 Å². The number of allylic oxidation sites excluding steroid dienone is 2. The van der Waals surface area contributed by atoms with E-state index in [1.165, 1.54) is 0 Å². The summed E-state index contributed by atoms with van der Waals surface area (Å²) in [7, 11) is 0. The highest BCUT2D eigenvalue weighted by molar-refractivity contribution is 5.25. The van der Waals surface area contributed by atoms with Crippen molar-refractivity contribution in [1.82, 2.24) is 0 Å². The van der Waals surface area contributed by atoms with Crippen molar-refractivity contribution < 1.29 is 10.2 Å². The molecule has 2 nitrogen and oxygen atoms in total. The summed E-state index contributed by atoms with van der Waals surface area (Å²) in [6.07, 6.45) is 3.04. The van der Waals surface area contributed by atoms with Crippen molar-refractivity contribution in [2.24, 2.45) is 0 Å². The van der Waals surface area contributed by atoms with E-state index in [9.17, 15) is 0 Å². The Morgan fingerprint density at radius 3 is 2.58 bits per heavy atom. The van der Waals surface area contributed by atoms with Gasteiger partial charge in [0.05, 0.1) is 6.61 Å². The van der Waals surface area contributed by atoms with Gasteiger partial charge in [0.15, 0.2) is 0 Å². The van der Waals surface area contributed by atoms with E-state index in [-0.39, 0.29) is 6.61 Å². The second kappa shape index (κ2) is 7.88. The molecule has 0 fully saturated rings. The highest BCUT2D eigenvalue weighted by Gasteiger charge is 1.78. The topological polar surface area (TPSA) is 40.5 Å². The zero-order chi connectivity index (χ0) is 9.23. The molecule has 0 amide bonds. The van der Waals surface area contributed by atoms with Gasteiger partial charge in [0.1, 0.15) is 6.10 Å². The molecule has 0 radical (unpaired) electrons. The van der Waals surface area contributed by atoms with E-state index in [2.05, 4.69) is 23.7 Å². The smallest absolute Gasteiger partial charge is 0.112 e. The lowest BCUT2D eigenvalue weighted by Gasteiger charge is -1.83. The molecule has 0 saturated heterocycles. The molecule has 2 N–H and O–H groups in total. The van der Waals surface area contributed by atoms with Gasteiger partial charge in [-0.2, -0.15) is 0 Å². The van der Waals surface area contributed by atoms with Crippen molar-refractivity contribution in [2.45, 2.75) is 19.4 Å². The normalized spacial score (nSPS) is 11.2. The van der Waals surface area contributed by atoms with Crippen LogP contribution in [0.4, 0.5) is 0 Å². The van der Waals surface area contributed by atoms with Crippen LogP contribution in [0.25, 0.3) is 0 Å². The number of rotatable bonds is 1. The SMILES string of the molecule is C[C@H](O)C#C/C=C/C#CCCO. The molecule has 0 aliphatic carbocycles. The van der Waals surface area contributed by atoms with Crippen LogP contribution in [0.2, 0.25) is 0 Å². The Labute approximate surface area is 72.9 Å². The van der Waals surface area contributed by atoms with Gasteiger partial charge in [0, 0.05) is 6.42 Å². The first-order valence-corrected chi connectivity index (χ1v) is 3.70. The summed E-state index contributed by atoms with van der Waals surface area (Å²) >= 11 is 0. The van der Waals surface area contributed by atoms with Crippen LogP contribution in [0.5, 0.6) is 0 Å². The van der Waals surface area contributed by atoms with Gasteiger partial charge in [-0.1, -0.05) is 23.7 Å². The average Bonchev–Trinajstić information content (AvgIpc) is 2.02. The predicted molar refractivity (Wildman–Crippen MR) is 48.1 cm³/mol. The molecule has 0 bridgehead atoms. The van der Waals surface area contributed by atoms with Crippen LogP contribution in [-0.4, -0.2) is 22.9 Å². The molecule has 0 aliphatic heterocycles. The molecular weight excluding hydrogens is 152 g/mol. The van der Waals surface area contributed by atoms with Crippen molar-refractivity contribution in [3.05, 3.63) is 12.2 Å². The summed E-state index contributed by atoms with van der Waals surface area (Å²) in [5.41, 5.74) is 0. The van der Waals surface area contributed by atoms with Gasteiger partial charge >= 0.3 is 0 Å². The van der Waals surface area contributed by atoms with Crippen molar-refractivity contribution in [3.63, 3.8) is 0 Å². The summed E-state index contributed by atoms with van der Waals surface area (Å²) in [6, 6.07) is 0. The Kier molecular flexibility index (Phi) is 7.08. The number of hydrogen-bond acceptors (Lipinski definition) is 2. The van der Waals surface area contributed by atoms with Gasteiger partial charge in [-0.05, 0) is 19.1 Å². The van der Waals surface area contributed by atoms with Crippen molar-refractivity contribution in [1.29, 1.82) is 0 Å². The summed E-state index contributed by atoms with van der Waals surface area (Å²) in [5.74, 6) is 10.5. The van der Waals surface area contributed by atoms with Gasteiger partial charge < -0.3 is 10.2 Å². The molecule has 0 saturated carbocycles. The van der Waals surface area contributed by atoms with E-state index < -0.39 is 6.10 Å². The van der Waals surface area contributed by atoms with Crippen molar-refractivity contribution in [3.8, 4) is 23.7 Å². The lowest BCUT2D eigenvalue weighted by atomic mass is 10.4. The molecule has 0 unspecified atom stereocenters. The second-order valence-corrected chi connectivity index (χ2v) is 2.09. The van der Waals surface area contributed by atoms with Crippen LogP contribution in [0.1, 0.15) is 13.3 Å². The van der Waals surface area contributed by atoms with Crippen LogP contribution in [0, 0.1) is 23.7 Å². The zero-order valence-electron chi connectivity index (χ0n) is 7.04. The third-order valence-corrected chi connectivity index (χ3v) is 0.881. The second-order valence-electron chi connectivity index (χ2n) is 2.09. The molecule has 64 valence electrons. The van der Waals surface area contributed by atoms with Gasteiger partial charge in [-0.15, -0.1) is 0 Å². The maximum Gasteiger partial charge on any atom is 0.112 e. The van der Waals surface area contributed by atoms with Gasteiger partial charge in [-0.3, -0.25) is 0 Å². The van der Waals surface area contributed by atoms with Crippen LogP contribution in [-0.2, 0) is 0 Å². The standard InChI is InChI=1S/C10H12O2/c1-10(12)8-6-4-2-3-5-7-9-11/h2,4,10-12H,7,9H2,1H3/b4-2+/t10-/m0/s1. The maximum atomic E-state index is 8.72. The monoisotopic (exact) mass is 164 g/mol. The quantitative estimate of drug-likeness (QED) is 0.548. The lowest BCUT2D eigenvalue weighted by molar-refractivity contribution is 0.253. The van der Waals surface area contributed by atoms with Crippen molar-refractivity contribution >= 4 is 0 Å². The number of aliphatic hydroxyl groups is 2. The largest absolute Gasteiger partial charge is 0.395 e. The van der Waals surface area contributed by atoms with Crippen LogP contribution in [0.3, 0.4) is 0 Å². The number of aliphatic hydroxyl groups excluding tert-OH is 2. The molecule has 0 spiro atoms. The molecule has 2 heteroatoms. The van der Waals surface area contributed by atoms with E-state index in [1.807, 2.05) is 0 Å². The molecular formula is C10H12O2. The molecule has 0 aromatic carbocycles. The highest BCUT2D eigenvalue weighted by Crippen LogP contribution is 1.75. The van der Waals surface area contributed by atoms with E-state index in [0.29, 0.717) is 6.42 Å². The molecule has 0 aliphatic rings. The van der Waals surface area contributed by atoms with Crippen LogP contribution >= 0.6 is 0 Å². The minimum atomic E-state index is -0.597. The lowest BCUT2D eigenvalue weighted by Crippen LogP contribution is -1.91. The average molecular weight is 164 g/mol. The minimum absolute atomic E-state index is 0.0835.